The number of unbranched alkanes of at least 4 members (excludes halogenated alkanes) is 1. The molecule has 3 rings (SSSR count). The van der Waals surface area contributed by atoms with E-state index in [-0.39, 0.29) is 30.5 Å². The van der Waals surface area contributed by atoms with Crippen molar-refractivity contribution in [1.29, 1.82) is 0 Å². The Morgan fingerprint density at radius 3 is 2.36 bits per heavy atom. The summed E-state index contributed by atoms with van der Waals surface area (Å²) in [5.41, 5.74) is 1.21. The van der Waals surface area contributed by atoms with Crippen molar-refractivity contribution in [2.45, 2.75) is 52.6 Å². The van der Waals surface area contributed by atoms with E-state index >= 15 is 0 Å². The van der Waals surface area contributed by atoms with Crippen molar-refractivity contribution in [3.8, 4) is 0 Å². The molecule has 0 spiro atoms. The van der Waals surface area contributed by atoms with Gasteiger partial charge < -0.3 is 10.6 Å². The molecule has 0 bridgehead atoms. The van der Waals surface area contributed by atoms with E-state index < -0.39 is 5.69 Å². The SMILES string of the molecule is CCCNC(=O)CCCCn1c(=O)c2ccccc2n(CC(=O)Nc2ccc(C)cc2)c1=O. The second-order valence-corrected chi connectivity index (χ2v) is 8.06. The summed E-state index contributed by atoms with van der Waals surface area (Å²) in [5, 5.41) is 5.98. The lowest BCUT2D eigenvalue weighted by Gasteiger charge is -2.14. The number of rotatable bonds is 10. The summed E-state index contributed by atoms with van der Waals surface area (Å²) >= 11 is 0. The Hall–Kier alpha value is -3.68. The average molecular weight is 451 g/mol. The van der Waals surface area contributed by atoms with Crippen LogP contribution in [0.25, 0.3) is 10.9 Å². The van der Waals surface area contributed by atoms with Crippen molar-refractivity contribution in [3.05, 3.63) is 74.9 Å². The number of aryl methyl sites for hydroxylation is 1. The summed E-state index contributed by atoms with van der Waals surface area (Å²) in [4.78, 5) is 50.6. The summed E-state index contributed by atoms with van der Waals surface area (Å²) in [6.45, 7) is 4.55. The van der Waals surface area contributed by atoms with Crippen molar-refractivity contribution in [3.63, 3.8) is 0 Å². The number of carbonyl (C=O) groups is 2. The van der Waals surface area contributed by atoms with Gasteiger partial charge in [-0.05, 0) is 50.5 Å². The first-order valence-corrected chi connectivity index (χ1v) is 11.3. The Morgan fingerprint density at radius 1 is 0.909 bits per heavy atom. The zero-order valence-electron chi connectivity index (χ0n) is 19.1. The van der Waals surface area contributed by atoms with Gasteiger partial charge in [-0.1, -0.05) is 36.8 Å². The molecule has 0 aliphatic rings. The lowest BCUT2D eigenvalue weighted by atomic mass is 10.2. The van der Waals surface area contributed by atoms with E-state index in [1.54, 1.807) is 36.4 Å². The minimum absolute atomic E-state index is 0.0344. The molecule has 0 saturated carbocycles. The molecule has 0 saturated heterocycles. The van der Waals surface area contributed by atoms with E-state index in [1.165, 1.54) is 4.57 Å². The van der Waals surface area contributed by atoms with Crippen molar-refractivity contribution < 1.29 is 9.59 Å². The topological polar surface area (TPSA) is 102 Å². The standard InChI is InChI=1S/C25H30N4O4/c1-3-15-26-22(30)10-6-7-16-28-24(32)20-8-4-5-9-21(20)29(25(28)33)17-23(31)27-19-13-11-18(2)12-14-19/h4-5,8-9,11-14H,3,6-7,10,15-17H2,1-2H3,(H,26,30)(H,27,31). The van der Waals surface area contributed by atoms with Crippen LogP contribution in [0.4, 0.5) is 5.69 Å². The number of nitrogens with zero attached hydrogens (tertiary/aromatic N) is 2. The zero-order valence-corrected chi connectivity index (χ0v) is 19.1. The van der Waals surface area contributed by atoms with Crippen molar-refractivity contribution >= 4 is 28.4 Å². The normalized spacial score (nSPS) is 10.8. The summed E-state index contributed by atoms with van der Waals surface area (Å²) in [5.74, 6) is -0.392. The van der Waals surface area contributed by atoms with Gasteiger partial charge in [0.05, 0.1) is 10.9 Å². The number of hydrogen-bond acceptors (Lipinski definition) is 4. The highest BCUT2D eigenvalue weighted by Gasteiger charge is 2.15. The van der Waals surface area contributed by atoms with E-state index in [0.717, 1.165) is 16.6 Å². The lowest BCUT2D eigenvalue weighted by Crippen LogP contribution is -2.41. The highest BCUT2D eigenvalue weighted by Crippen LogP contribution is 2.11. The smallest absolute Gasteiger partial charge is 0.331 e. The van der Waals surface area contributed by atoms with Crippen LogP contribution >= 0.6 is 0 Å². The molecule has 33 heavy (non-hydrogen) atoms. The Balaban J connectivity index is 1.80. The predicted octanol–water partition coefficient (Wildman–Crippen LogP) is 2.81. The average Bonchev–Trinajstić information content (AvgIpc) is 2.81. The molecular formula is C25H30N4O4. The van der Waals surface area contributed by atoms with Gasteiger partial charge in [0.2, 0.25) is 11.8 Å². The molecule has 0 radical (unpaired) electrons. The first-order valence-electron chi connectivity index (χ1n) is 11.3. The Bertz CT molecular complexity index is 1240. The van der Waals surface area contributed by atoms with Gasteiger partial charge in [-0.25, -0.2) is 4.79 Å². The molecule has 0 aliphatic carbocycles. The fourth-order valence-electron chi connectivity index (χ4n) is 3.61. The zero-order chi connectivity index (χ0) is 23.8. The lowest BCUT2D eigenvalue weighted by molar-refractivity contribution is -0.121. The minimum Gasteiger partial charge on any atom is -0.356 e. The van der Waals surface area contributed by atoms with Crippen LogP contribution in [0.15, 0.2) is 58.1 Å². The molecule has 1 aromatic heterocycles. The van der Waals surface area contributed by atoms with Gasteiger partial charge in [-0.15, -0.1) is 0 Å². The summed E-state index contributed by atoms with van der Waals surface area (Å²) in [6.07, 6.45) is 2.27. The van der Waals surface area contributed by atoms with Crippen molar-refractivity contribution in [2.24, 2.45) is 0 Å². The third kappa shape index (κ3) is 6.19. The molecule has 8 heteroatoms. The van der Waals surface area contributed by atoms with Crippen molar-refractivity contribution in [1.82, 2.24) is 14.5 Å². The number of benzene rings is 2. The third-order valence-electron chi connectivity index (χ3n) is 5.38. The molecule has 0 atom stereocenters. The molecular weight excluding hydrogens is 420 g/mol. The van der Waals surface area contributed by atoms with Gasteiger partial charge in [0, 0.05) is 25.2 Å². The van der Waals surface area contributed by atoms with Crippen LogP contribution in [-0.2, 0) is 22.7 Å². The Kier molecular flexibility index (Phi) is 8.18. The fraction of sp³-hybridized carbons (Fsp3) is 0.360. The van der Waals surface area contributed by atoms with Crippen LogP contribution in [0, 0.1) is 6.92 Å². The van der Waals surface area contributed by atoms with Gasteiger partial charge in [0.25, 0.3) is 5.56 Å². The van der Waals surface area contributed by atoms with Gasteiger partial charge in [-0.3, -0.25) is 23.5 Å². The van der Waals surface area contributed by atoms with Crippen LogP contribution in [0.1, 0.15) is 38.2 Å². The molecule has 3 aromatic rings. The number of fused-ring (bicyclic) bond motifs is 1. The molecule has 2 N–H and O–H groups in total. The number of amides is 2. The molecule has 0 fully saturated rings. The van der Waals surface area contributed by atoms with Crippen molar-refractivity contribution in [2.75, 3.05) is 11.9 Å². The summed E-state index contributed by atoms with van der Waals surface area (Å²) < 4.78 is 2.49. The highest BCUT2D eigenvalue weighted by atomic mass is 16.2. The molecule has 0 aliphatic heterocycles. The minimum atomic E-state index is -0.534. The second-order valence-electron chi connectivity index (χ2n) is 8.06. The first-order chi connectivity index (χ1) is 15.9. The number of para-hydroxylation sites is 1. The number of anilines is 1. The van der Waals surface area contributed by atoms with Crippen LogP contribution in [0.3, 0.4) is 0 Å². The Morgan fingerprint density at radius 2 is 1.64 bits per heavy atom. The third-order valence-corrected chi connectivity index (χ3v) is 5.38. The summed E-state index contributed by atoms with van der Waals surface area (Å²) in [7, 11) is 0. The fourth-order valence-corrected chi connectivity index (χ4v) is 3.61. The number of aromatic nitrogens is 2. The number of nitrogens with one attached hydrogen (secondary N) is 2. The first kappa shape index (κ1) is 24.0. The maximum atomic E-state index is 13.2. The van der Waals surface area contributed by atoms with Gasteiger partial charge in [0.15, 0.2) is 0 Å². The molecule has 2 aromatic carbocycles. The van der Waals surface area contributed by atoms with Gasteiger partial charge >= 0.3 is 5.69 Å². The van der Waals surface area contributed by atoms with E-state index in [4.69, 9.17) is 0 Å². The monoisotopic (exact) mass is 450 g/mol. The molecule has 174 valence electrons. The molecule has 8 nitrogen and oxygen atoms in total. The largest absolute Gasteiger partial charge is 0.356 e. The van der Waals surface area contributed by atoms with E-state index in [0.29, 0.717) is 42.4 Å². The summed E-state index contributed by atoms with van der Waals surface area (Å²) in [6, 6.07) is 14.2. The quantitative estimate of drug-likeness (QED) is 0.464. The van der Waals surface area contributed by atoms with Gasteiger partial charge in [0.1, 0.15) is 6.54 Å². The van der Waals surface area contributed by atoms with Crippen LogP contribution < -0.4 is 21.9 Å². The predicted molar refractivity (Wildman–Crippen MR) is 129 cm³/mol. The van der Waals surface area contributed by atoms with Gasteiger partial charge in [-0.2, -0.15) is 0 Å². The Labute approximate surface area is 192 Å². The van der Waals surface area contributed by atoms with Crippen LogP contribution in [0.2, 0.25) is 0 Å². The van der Waals surface area contributed by atoms with E-state index in [9.17, 15) is 19.2 Å². The maximum Gasteiger partial charge on any atom is 0.331 e. The van der Waals surface area contributed by atoms with Crippen LogP contribution in [-0.4, -0.2) is 27.5 Å². The van der Waals surface area contributed by atoms with Crippen LogP contribution in [0.5, 0.6) is 0 Å². The second kappa shape index (κ2) is 11.3. The molecule has 0 unspecified atom stereocenters. The van der Waals surface area contributed by atoms with E-state index in [1.807, 2.05) is 26.0 Å². The molecule has 1 heterocycles. The highest BCUT2D eigenvalue weighted by molar-refractivity contribution is 5.91. The molecule has 2 amide bonds. The van der Waals surface area contributed by atoms with E-state index in [2.05, 4.69) is 10.6 Å². The number of hydrogen-bond donors (Lipinski definition) is 2. The number of carbonyl (C=O) groups excluding carboxylic acids is 2. The maximum absolute atomic E-state index is 13.2.